The van der Waals surface area contributed by atoms with Gasteiger partial charge in [-0.25, -0.2) is 14.4 Å². The minimum Gasteiger partial charge on any atom is -0.368 e. The standard InChI is InChI=1S/C12H11ClFN3/c1-2-8-6-11(17-12(15)16-8)7-3-4-10(14)9(13)5-7/h3-6H,2H2,1H3,(H2,15,16,17). The third-order valence-corrected chi connectivity index (χ3v) is 2.66. The fraction of sp³-hybridized carbons (Fsp3) is 0.167. The Labute approximate surface area is 103 Å². The van der Waals surface area contributed by atoms with Crippen molar-refractivity contribution in [3.8, 4) is 11.3 Å². The molecule has 1 heterocycles. The second kappa shape index (κ2) is 4.67. The average Bonchev–Trinajstić information content (AvgIpc) is 2.32. The topological polar surface area (TPSA) is 51.8 Å². The zero-order chi connectivity index (χ0) is 12.4. The third-order valence-electron chi connectivity index (χ3n) is 2.37. The summed E-state index contributed by atoms with van der Waals surface area (Å²) in [6, 6.07) is 6.27. The molecule has 0 fully saturated rings. The van der Waals surface area contributed by atoms with Crippen molar-refractivity contribution in [1.29, 1.82) is 0 Å². The highest BCUT2D eigenvalue weighted by Gasteiger charge is 2.06. The normalized spacial score (nSPS) is 10.5. The van der Waals surface area contributed by atoms with E-state index in [2.05, 4.69) is 9.97 Å². The van der Waals surface area contributed by atoms with Gasteiger partial charge < -0.3 is 5.73 Å². The Bertz CT molecular complexity index is 557. The summed E-state index contributed by atoms with van der Waals surface area (Å²) < 4.78 is 13.0. The molecule has 0 bridgehead atoms. The molecule has 0 saturated heterocycles. The molecule has 0 unspecified atom stereocenters. The molecule has 2 rings (SSSR count). The first kappa shape index (κ1) is 11.8. The van der Waals surface area contributed by atoms with Crippen LogP contribution in [0.4, 0.5) is 10.3 Å². The summed E-state index contributed by atoms with van der Waals surface area (Å²) in [5, 5.41) is 0.0673. The lowest BCUT2D eigenvalue weighted by Crippen LogP contribution is -2.00. The Morgan fingerprint density at radius 3 is 2.71 bits per heavy atom. The molecule has 17 heavy (non-hydrogen) atoms. The molecule has 88 valence electrons. The highest BCUT2D eigenvalue weighted by Crippen LogP contribution is 2.24. The first-order valence-corrected chi connectivity index (χ1v) is 5.57. The molecule has 1 aromatic heterocycles. The molecule has 2 aromatic rings. The fourth-order valence-corrected chi connectivity index (χ4v) is 1.68. The Balaban J connectivity index is 2.52. The van der Waals surface area contributed by atoms with Crippen molar-refractivity contribution in [3.63, 3.8) is 0 Å². The van der Waals surface area contributed by atoms with Crippen LogP contribution in [0.15, 0.2) is 24.3 Å². The van der Waals surface area contributed by atoms with E-state index in [1.165, 1.54) is 12.1 Å². The number of anilines is 1. The predicted molar refractivity (Wildman–Crippen MR) is 66.2 cm³/mol. The van der Waals surface area contributed by atoms with Crippen molar-refractivity contribution in [2.24, 2.45) is 0 Å². The van der Waals surface area contributed by atoms with Crippen LogP contribution in [0.1, 0.15) is 12.6 Å². The van der Waals surface area contributed by atoms with E-state index in [0.717, 1.165) is 17.7 Å². The molecule has 0 saturated carbocycles. The molecule has 0 atom stereocenters. The van der Waals surface area contributed by atoms with Gasteiger partial charge in [-0.05, 0) is 30.7 Å². The van der Waals surface area contributed by atoms with Gasteiger partial charge in [0.2, 0.25) is 5.95 Å². The lowest BCUT2D eigenvalue weighted by Gasteiger charge is -2.05. The molecule has 0 amide bonds. The molecule has 5 heteroatoms. The lowest BCUT2D eigenvalue weighted by molar-refractivity contribution is 0.628. The van der Waals surface area contributed by atoms with Gasteiger partial charge in [0.25, 0.3) is 0 Å². The Morgan fingerprint density at radius 1 is 1.29 bits per heavy atom. The van der Waals surface area contributed by atoms with Crippen LogP contribution >= 0.6 is 11.6 Å². The van der Waals surface area contributed by atoms with Crippen LogP contribution in [0, 0.1) is 5.82 Å². The van der Waals surface area contributed by atoms with E-state index in [9.17, 15) is 4.39 Å². The summed E-state index contributed by atoms with van der Waals surface area (Å²) >= 11 is 5.73. The van der Waals surface area contributed by atoms with E-state index in [1.54, 1.807) is 6.07 Å². The van der Waals surface area contributed by atoms with E-state index in [-0.39, 0.29) is 11.0 Å². The van der Waals surface area contributed by atoms with E-state index >= 15 is 0 Å². The van der Waals surface area contributed by atoms with E-state index in [4.69, 9.17) is 17.3 Å². The second-order valence-electron chi connectivity index (χ2n) is 3.59. The molecule has 0 aliphatic heterocycles. The maximum Gasteiger partial charge on any atom is 0.220 e. The minimum atomic E-state index is -0.451. The van der Waals surface area contributed by atoms with Gasteiger partial charge in [-0.1, -0.05) is 18.5 Å². The summed E-state index contributed by atoms with van der Waals surface area (Å²) in [5.74, 6) is -0.243. The number of halogens is 2. The SMILES string of the molecule is CCc1cc(-c2ccc(F)c(Cl)c2)nc(N)n1. The summed E-state index contributed by atoms with van der Waals surface area (Å²) in [6.45, 7) is 1.98. The number of nitrogens with two attached hydrogens (primary N) is 1. The van der Waals surface area contributed by atoms with E-state index in [0.29, 0.717) is 5.69 Å². The first-order valence-electron chi connectivity index (χ1n) is 5.19. The number of benzene rings is 1. The molecule has 0 spiro atoms. The van der Waals surface area contributed by atoms with Gasteiger partial charge in [0, 0.05) is 11.3 Å². The van der Waals surface area contributed by atoms with Crippen molar-refractivity contribution in [2.45, 2.75) is 13.3 Å². The molecule has 1 aromatic carbocycles. The Morgan fingerprint density at radius 2 is 2.06 bits per heavy atom. The summed E-state index contributed by atoms with van der Waals surface area (Å²) in [5.41, 5.74) is 7.82. The zero-order valence-corrected chi connectivity index (χ0v) is 10.0. The first-order chi connectivity index (χ1) is 8.10. The zero-order valence-electron chi connectivity index (χ0n) is 9.24. The number of hydrogen-bond donors (Lipinski definition) is 1. The molecular formula is C12H11ClFN3. The number of hydrogen-bond acceptors (Lipinski definition) is 3. The molecule has 0 aliphatic carbocycles. The number of nitrogen functional groups attached to an aromatic ring is 1. The van der Waals surface area contributed by atoms with Gasteiger partial charge >= 0.3 is 0 Å². The highest BCUT2D eigenvalue weighted by atomic mass is 35.5. The van der Waals surface area contributed by atoms with Gasteiger partial charge in [0.1, 0.15) is 5.82 Å². The van der Waals surface area contributed by atoms with Crippen LogP contribution in [0.2, 0.25) is 5.02 Å². The Kier molecular flexibility index (Phi) is 3.24. The highest BCUT2D eigenvalue weighted by molar-refractivity contribution is 6.31. The fourth-order valence-electron chi connectivity index (χ4n) is 1.50. The quantitative estimate of drug-likeness (QED) is 0.892. The van der Waals surface area contributed by atoms with Crippen molar-refractivity contribution in [2.75, 3.05) is 5.73 Å². The molecule has 0 radical (unpaired) electrons. The van der Waals surface area contributed by atoms with Crippen LogP contribution < -0.4 is 5.73 Å². The third kappa shape index (κ3) is 2.53. The number of rotatable bonds is 2. The average molecular weight is 252 g/mol. The summed E-state index contributed by atoms with van der Waals surface area (Å²) in [6.07, 6.45) is 0.759. The van der Waals surface area contributed by atoms with Crippen LogP contribution in [-0.2, 0) is 6.42 Å². The smallest absolute Gasteiger partial charge is 0.220 e. The van der Waals surface area contributed by atoms with E-state index < -0.39 is 5.82 Å². The van der Waals surface area contributed by atoms with Gasteiger partial charge in [0.15, 0.2) is 0 Å². The van der Waals surface area contributed by atoms with Crippen LogP contribution in [0.5, 0.6) is 0 Å². The summed E-state index contributed by atoms with van der Waals surface area (Å²) in [4.78, 5) is 8.19. The largest absolute Gasteiger partial charge is 0.368 e. The predicted octanol–water partition coefficient (Wildman–Crippen LogP) is 3.08. The van der Waals surface area contributed by atoms with Crippen molar-refractivity contribution >= 4 is 17.5 Å². The monoisotopic (exact) mass is 251 g/mol. The maximum absolute atomic E-state index is 13.0. The van der Waals surface area contributed by atoms with Crippen molar-refractivity contribution in [3.05, 3.63) is 40.8 Å². The summed E-state index contributed by atoms with van der Waals surface area (Å²) in [7, 11) is 0. The van der Waals surface area contributed by atoms with Gasteiger partial charge in [-0.15, -0.1) is 0 Å². The van der Waals surface area contributed by atoms with Crippen LogP contribution in [0.25, 0.3) is 11.3 Å². The van der Waals surface area contributed by atoms with Gasteiger partial charge in [0.05, 0.1) is 10.7 Å². The van der Waals surface area contributed by atoms with Crippen LogP contribution in [-0.4, -0.2) is 9.97 Å². The second-order valence-corrected chi connectivity index (χ2v) is 3.99. The van der Waals surface area contributed by atoms with E-state index in [1.807, 2.05) is 13.0 Å². The maximum atomic E-state index is 13.0. The molecular weight excluding hydrogens is 241 g/mol. The minimum absolute atomic E-state index is 0.0673. The van der Waals surface area contributed by atoms with Gasteiger partial charge in [-0.2, -0.15) is 0 Å². The number of aromatic nitrogens is 2. The van der Waals surface area contributed by atoms with Gasteiger partial charge in [-0.3, -0.25) is 0 Å². The lowest BCUT2D eigenvalue weighted by atomic mass is 10.1. The molecule has 0 aliphatic rings. The van der Waals surface area contributed by atoms with Crippen LogP contribution in [0.3, 0.4) is 0 Å². The number of aryl methyl sites for hydroxylation is 1. The van der Waals surface area contributed by atoms with Crippen molar-refractivity contribution < 1.29 is 4.39 Å². The Hall–Kier alpha value is -1.68. The number of nitrogens with zero attached hydrogens (tertiary/aromatic N) is 2. The molecule has 3 nitrogen and oxygen atoms in total. The molecule has 2 N–H and O–H groups in total. The van der Waals surface area contributed by atoms with Crippen molar-refractivity contribution in [1.82, 2.24) is 9.97 Å².